The third-order valence-corrected chi connectivity index (χ3v) is 4.22. The Balaban J connectivity index is 2.19. The Hall–Kier alpha value is -0.490. The van der Waals surface area contributed by atoms with Gasteiger partial charge in [-0.15, -0.1) is 0 Å². The molecule has 1 saturated heterocycles. The summed E-state index contributed by atoms with van der Waals surface area (Å²) in [6, 6.07) is 5.09. The lowest BCUT2D eigenvalue weighted by molar-refractivity contribution is 0.0149. The Bertz CT molecular complexity index is 430. The zero-order valence-electron chi connectivity index (χ0n) is 11.1. The summed E-state index contributed by atoms with van der Waals surface area (Å²) in [6.07, 6.45) is 2.35. The summed E-state index contributed by atoms with van der Waals surface area (Å²) < 4.78 is 20.2. The summed E-state index contributed by atoms with van der Waals surface area (Å²) in [6.45, 7) is 2.17. The van der Waals surface area contributed by atoms with Gasteiger partial charge in [-0.3, -0.25) is 4.90 Å². The normalized spacial score (nSPS) is 22.4. The second-order valence-corrected chi connectivity index (χ2v) is 5.83. The molecule has 2 unspecified atom stereocenters. The Kier molecular flexibility index (Phi) is 5.33. The smallest absolute Gasteiger partial charge is 0.129 e. The monoisotopic (exact) mass is 330 g/mol. The van der Waals surface area contributed by atoms with Crippen molar-refractivity contribution < 1.29 is 9.13 Å². The van der Waals surface area contributed by atoms with Crippen LogP contribution in [0.3, 0.4) is 0 Å². The lowest BCUT2D eigenvalue weighted by Gasteiger charge is -2.37. The van der Waals surface area contributed by atoms with E-state index in [2.05, 4.69) is 20.8 Å². The van der Waals surface area contributed by atoms with Crippen molar-refractivity contribution in [3.05, 3.63) is 34.1 Å². The molecular formula is C14H20BrFN2O. The van der Waals surface area contributed by atoms with Gasteiger partial charge in [0.2, 0.25) is 0 Å². The molecule has 0 aromatic heterocycles. The van der Waals surface area contributed by atoms with Gasteiger partial charge in [0.05, 0.1) is 12.1 Å². The van der Waals surface area contributed by atoms with E-state index in [1.165, 1.54) is 6.07 Å². The summed E-state index contributed by atoms with van der Waals surface area (Å²) in [5.41, 5.74) is 6.54. The fourth-order valence-electron chi connectivity index (χ4n) is 2.69. The third-order valence-electron chi connectivity index (χ3n) is 3.73. The van der Waals surface area contributed by atoms with Crippen LogP contribution in [-0.2, 0) is 4.74 Å². The van der Waals surface area contributed by atoms with E-state index in [1.54, 1.807) is 7.11 Å². The van der Waals surface area contributed by atoms with Crippen LogP contribution in [0.2, 0.25) is 0 Å². The summed E-state index contributed by atoms with van der Waals surface area (Å²) in [5.74, 6) is -0.204. The molecule has 2 rings (SSSR count). The number of rotatable bonds is 4. The van der Waals surface area contributed by atoms with Crippen LogP contribution in [0.4, 0.5) is 4.39 Å². The molecule has 1 heterocycles. The molecule has 106 valence electrons. The van der Waals surface area contributed by atoms with E-state index in [9.17, 15) is 4.39 Å². The first-order chi connectivity index (χ1) is 9.15. The van der Waals surface area contributed by atoms with E-state index in [0.717, 1.165) is 30.4 Å². The summed E-state index contributed by atoms with van der Waals surface area (Å²) in [7, 11) is 1.73. The van der Waals surface area contributed by atoms with Gasteiger partial charge in [0.15, 0.2) is 0 Å². The highest BCUT2D eigenvalue weighted by Gasteiger charge is 2.27. The molecule has 2 N–H and O–H groups in total. The zero-order valence-corrected chi connectivity index (χ0v) is 12.7. The predicted molar refractivity (Wildman–Crippen MR) is 77.5 cm³/mol. The van der Waals surface area contributed by atoms with Crippen LogP contribution in [-0.4, -0.2) is 37.7 Å². The highest BCUT2D eigenvalue weighted by Crippen LogP contribution is 2.28. The average molecular weight is 331 g/mol. The van der Waals surface area contributed by atoms with Crippen molar-refractivity contribution in [3.63, 3.8) is 0 Å². The van der Waals surface area contributed by atoms with Gasteiger partial charge in [-0.05, 0) is 31.5 Å². The number of nitrogens with two attached hydrogens (primary N) is 1. The van der Waals surface area contributed by atoms with Crippen molar-refractivity contribution in [1.82, 2.24) is 4.90 Å². The Morgan fingerprint density at radius 1 is 1.58 bits per heavy atom. The van der Waals surface area contributed by atoms with Crippen LogP contribution in [0.25, 0.3) is 0 Å². The fraction of sp³-hybridized carbons (Fsp3) is 0.571. The maximum Gasteiger partial charge on any atom is 0.129 e. The molecule has 5 heteroatoms. The van der Waals surface area contributed by atoms with Crippen molar-refractivity contribution in [2.45, 2.75) is 25.0 Å². The first-order valence-corrected chi connectivity index (χ1v) is 7.37. The van der Waals surface area contributed by atoms with Crippen LogP contribution in [0.15, 0.2) is 22.7 Å². The van der Waals surface area contributed by atoms with E-state index in [-0.39, 0.29) is 18.0 Å². The van der Waals surface area contributed by atoms with E-state index in [1.807, 2.05) is 12.1 Å². The molecule has 1 aromatic carbocycles. The number of hydrogen-bond acceptors (Lipinski definition) is 3. The van der Waals surface area contributed by atoms with Crippen LogP contribution in [0.1, 0.15) is 24.4 Å². The number of likely N-dealkylation sites (tertiary alicyclic amines) is 1. The lowest BCUT2D eigenvalue weighted by atomic mass is 10.00. The van der Waals surface area contributed by atoms with E-state index >= 15 is 0 Å². The second-order valence-electron chi connectivity index (χ2n) is 4.91. The van der Waals surface area contributed by atoms with Crippen molar-refractivity contribution in [3.8, 4) is 0 Å². The molecule has 1 fully saturated rings. The second kappa shape index (κ2) is 6.79. The molecule has 1 aromatic rings. The number of halogens is 2. The minimum absolute atomic E-state index is 0.0777. The van der Waals surface area contributed by atoms with E-state index in [4.69, 9.17) is 10.5 Å². The largest absolute Gasteiger partial charge is 0.380 e. The number of ether oxygens (including phenoxy) is 1. The number of benzene rings is 1. The van der Waals surface area contributed by atoms with Crippen molar-refractivity contribution in [2.75, 3.05) is 26.7 Å². The maximum absolute atomic E-state index is 14.1. The van der Waals surface area contributed by atoms with Crippen molar-refractivity contribution in [1.29, 1.82) is 0 Å². The number of hydrogen-bond donors (Lipinski definition) is 1. The fourth-order valence-corrected chi connectivity index (χ4v) is 3.02. The van der Waals surface area contributed by atoms with Gasteiger partial charge >= 0.3 is 0 Å². The van der Waals surface area contributed by atoms with Crippen molar-refractivity contribution >= 4 is 15.9 Å². The molecule has 1 aliphatic rings. The summed E-state index contributed by atoms with van der Waals surface area (Å²) >= 11 is 3.28. The first kappa shape index (κ1) is 14.9. The molecule has 0 radical (unpaired) electrons. The lowest BCUT2D eigenvalue weighted by Crippen LogP contribution is -2.44. The van der Waals surface area contributed by atoms with Gasteiger partial charge in [-0.25, -0.2) is 4.39 Å². The van der Waals surface area contributed by atoms with Crippen molar-refractivity contribution in [2.24, 2.45) is 5.73 Å². The van der Waals surface area contributed by atoms with E-state index < -0.39 is 0 Å². The number of nitrogens with zero attached hydrogens (tertiary/aromatic N) is 1. The molecule has 0 bridgehead atoms. The summed E-state index contributed by atoms with van der Waals surface area (Å²) in [5, 5.41) is 0. The van der Waals surface area contributed by atoms with Gasteiger partial charge in [0.25, 0.3) is 0 Å². The van der Waals surface area contributed by atoms with Crippen LogP contribution >= 0.6 is 15.9 Å². The standard InChI is InChI=1S/C14H20BrFN2O/c1-19-11-3-2-6-18(9-11)14(8-17)12-5-4-10(15)7-13(12)16/h4-5,7,11,14H,2-3,6,8-9,17H2,1H3. The molecule has 1 aliphatic heterocycles. The quantitative estimate of drug-likeness (QED) is 0.922. The average Bonchev–Trinajstić information content (AvgIpc) is 2.42. The Morgan fingerprint density at radius 2 is 2.37 bits per heavy atom. The van der Waals surface area contributed by atoms with Gasteiger partial charge < -0.3 is 10.5 Å². The summed E-state index contributed by atoms with van der Waals surface area (Å²) in [4.78, 5) is 2.23. The molecule has 0 saturated carbocycles. The SMILES string of the molecule is COC1CCCN(C(CN)c2ccc(Br)cc2F)C1. The highest BCUT2D eigenvalue weighted by molar-refractivity contribution is 9.10. The minimum Gasteiger partial charge on any atom is -0.380 e. The molecule has 2 atom stereocenters. The Morgan fingerprint density at radius 3 is 3.00 bits per heavy atom. The van der Waals surface area contributed by atoms with Crippen LogP contribution < -0.4 is 5.73 Å². The predicted octanol–water partition coefficient (Wildman–Crippen LogP) is 2.70. The molecule has 19 heavy (non-hydrogen) atoms. The number of piperidine rings is 1. The first-order valence-electron chi connectivity index (χ1n) is 6.57. The van der Waals surface area contributed by atoms with Gasteiger partial charge in [-0.2, -0.15) is 0 Å². The number of methoxy groups -OCH3 is 1. The zero-order chi connectivity index (χ0) is 13.8. The molecule has 0 spiro atoms. The van der Waals surface area contributed by atoms with E-state index in [0.29, 0.717) is 12.1 Å². The van der Waals surface area contributed by atoms with Gasteiger partial charge in [-0.1, -0.05) is 22.0 Å². The third kappa shape index (κ3) is 3.54. The topological polar surface area (TPSA) is 38.5 Å². The Labute approximate surface area is 122 Å². The molecule has 3 nitrogen and oxygen atoms in total. The van der Waals surface area contributed by atoms with Crippen LogP contribution in [0, 0.1) is 5.82 Å². The minimum atomic E-state index is -0.204. The maximum atomic E-state index is 14.1. The highest BCUT2D eigenvalue weighted by atomic mass is 79.9. The van der Waals surface area contributed by atoms with Gasteiger partial charge in [0.1, 0.15) is 5.82 Å². The molecule has 0 aliphatic carbocycles. The van der Waals surface area contributed by atoms with Gasteiger partial charge in [0, 0.05) is 30.2 Å². The molecule has 0 amide bonds. The van der Waals surface area contributed by atoms with Crippen LogP contribution in [0.5, 0.6) is 0 Å². The molecular weight excluding hydrogens is 311 g/mol.